The van der Waals surface area contributed by atoms with Crippen LogP contribution in [0.25, 0.3) is 0 Å². The molecule has 0 atom stereocenters. The van der Waals surface area contributed by atoms with E-state index >= 15 is 0 Å². The lowest BCUT2D eigenvalue weighted by Gasteiger charge is -2.08. The SMILES string of the molecule is Cc1cnc(Cl)nc1SCC1CCCC1. The molecular weight excluding hydrogens is 228 g/mol. The van der Waals surface area contributed by atoms with Crippen molar-refractivity contribution >= 4 is 23.4 Å². The molecule has 1 aliphatic rings. The second-order valence-corrected chi connectivity index (χ2v) is 5.44. The van der Waals surface area contributed by atoms with Gasteiger partial charge in [0.25, 0.3) is 0 Å². The zero-order valence-electron chi connectivity index (χ0n) is 8.87. The fourth-order valence-electron chi connectivity index (χ4n) is 1.93. The van der Waals surface area contributed by atoms with Gasteiger partial charge in [-0.3, -0.25) is 0 Å². The Morgan fingerprint density at radius 3 is 2.93 bits per heavy atom. The van der Waals surface area contributed by atoms with Crippen LogP contribution < -0.4 is 0 Å². The first-order valence-electron chi connectivity index (χ1n) is 5.37. The van der Waals surface area contributed by atoms with Gasteiger partial charge in [0.1, 0.15) is 5.03 Å². The van der Waals surface area contributed by atoms with E-state index in [1.54, 1.807) is 6.20 Å². The molecule has 0 amide bonds. The minimum Gasteiger partial charge on any atom is -0.226 e. The second-order valence-electron chi connectivity index (χ2n) is 4.09. The summed E-state index contributed by atoms with van der Waals surface area (Å²) in [7, 11) is 0. The summed E-state index contributed by atoms with van der Waals surface area (Å²) in [5, 5.41) is 1.40. The van der Waals surface area contributed by atoms with Crippen LogP contribution in [-0.4, -0.2) is 15.7 Å². The van der Waals surface area contributed by atoms with E-state index in [9.17, 15) is 0 Å². The first-order chi connectivity index (χ1) is 7.25. The lowest BCUT2D eigenvalue weighted by Crippen LogP contribution is -1.98. The van der Waals surface area contributed by atoms with Crippen molar-refractivity contribution < 1.29 is 0 Å². The van der Waals surface area contributed by atoms with Crippen LogP contribution >= 0.6 is 23.4 Å². The number of aromatic nitrogens is 2. The van der Waals surface area contributed by atoms with Crippen molar-refractivity contribution in [2.24, 2.45) is 5.92 Å². The molecule has 0 unspecified atom stereocenters. The molecule has 1 aromatic rings. The normalized spacial score (nSPS) is 17.2. The number of thioether (sulfide) groups is 1. The number of hydrogen-bond acceptors (Lipinski definition) is 3. The van der Waals surface area contributed by atoms with E-state index in [-0.39, 0.29) is 0 Å². The second kappa shape index (κ2) is 5.17. The van der Waals surface area contributed by atoms with E-state index in [0.29, 0.717) is 5.28 Å². The highest BCUT2D eigenvalue weighted by Crippen LogP contribution is 2.31. The zero-order chi connectivity index (χ0) is 10.7. The molecule has 2 rings (SSSR count). The number of rotatable bonds is 3. The summed E-state index contributed by atoms with van der Waals surface area (Å²) >= 11 is 7.60. The van der Waals surface area contributed by atoms with E-state index < -0.39 is 0 Å². The van der Waals surface area contributed by atoms with Gasteiger partial charge in [-0.15, -0.1) is 11.8 Å². The molecule has 1 saturated carbocycles. The van der Waals surface area contributed by atoms with Gasteiger partial charge in [0.2, 0.25) is 5.28 Å². The fourth-order valence-corrected chi connectivity index (χ4v) is 3.27. The Morgan fingerprint density at radius 2 is 2.20 bits per heavy atom. The van der Waals surface area contributed by atoms with Crippen molar-refractivity contribution in [1.82, 2.24) is 9.97 Å². The topological polar surface area (TPSA) is 25.8 Å². The standard InChI is InChI=1S/C11H15ClN2S/c1-8-6-13-11(12)14-10(8)15-7-9-4-2-3-5-9/h6,9H,2-5,7H2,1H3. The van der Waals surface area contributed by atoms with E-state index in [1.165, 1.54) is 31.4 Å². The third kappa shape index (κ3) is 3.08. The van der Waals surface area contributed by atoms with Crippen LogP contribution in [0, 0.1) is 12.8 Å². The molecule has 15 heavy (non-hydrogen) atoms. The fraction of sp³-hybridized carbons (Fsp3) is 0.636. The number of nitrogens with zero attached hydrogens (tertiary/aromatic N) is 2. The van der Waals surface area contributed by atoms with Crippen LogP contribution in [0.3, 0.4) is 0 Å². The lowest BCUT2D eigenvalue weighted by atomic mass is 10.1. The quantitative estimate of drug-likeness (QED) is 0.459. The largest absolute Gasteiger partial charge is 0.226 e. The summed E-state index contributed by atoms with van der Waals surface area (Å²) in [4.78, 5) is 8.21. The Kier molecular flexibility index (Phi) is 3.87. The maximum Gasteiger partial charge on any atom is 0.223 e. The molecule has 2 nitrogen and oxygen atoms in total. The van der Waals surface area contributed by atoms with Crippen LogP contribution in [0.1, 0.15) is 31.2 Å². The van der Waals surface area contributed by atoms with Gasteiger partial charge in [-0.1, -0.05) is 12.8 Å². The lowest BCUT2D eigenvalue weighted by molar-refractivity contribution is 0.622. The number of hydrogen-bond donors (Lipinski definition) is 0. The third-order valence-corrected chi connectivity index (χ3v) is 4.33. The molecule has 0 saturated heterocycles. The molecule has 1 fully saturated rings. The zero-order valence-corrected chi connectivity index (χ0v) is 10.4. The maximum absolute atomic E-state index is 5.78. The van der Waals surface area contributed by atoms with Crippen molar-refractivity contribution in [2.75, 3.05) is 5.75 Å². The Hall–Kier alpha value is -0.280. The summed E-state index contributed by atoms with van der Waals surface area (Å²) < 4.78 is 0. The smallest absolute Gasteiger partial charge is 0.223 e. The van der Waals surface area contributed by atoms with Gasteiger partial charge in [0.15, 0.2) is 0 Å². The van der Waals surface area contributed by atoms with Crippen LogP contribution in [0.15, 0.2) is 11.2 Å². The Bertz CT molecular complexity index is 337. The Labute approximate surface area is 99.8 Å². The van der Waals surface area contributed by atoms with Crippen LogP contribution in [0.4, 0.5) is 0 Å². The van der Waals surface area contributed by atoms with E-state index in [0.717, 1.165) is 16.5 Å². The number of halogens is 1. The molecule has 82 valence electrons. The summed E-state index contributed by atoms with van der Waals surface area (Å²) in [5.41, 5.74) is 1.13. The van der Waals surface area contributed by atoms with Gasteiger partial charge >= 0.3 is 0 Å². The molecule has 1 aromatic heterocycles. The summed E-state index contributed by atoms with van der Waals surface area (Å²) in [5.74, 6) is 2.05. The molecule has 0 radical (unpaired) electrons. The monoisotopic (exact) mass is 242 g/mol. The maximum atomic E-state index is 5.78. The van der Waals surface area contributed by atoms with E-state index in [4.69, 9.17) is 11.6 Å². The molecule has 1 aliphatic carbocycles. The van der Waals surface area contributed by atoms with Crippen molar-refractivity contribution in [3.05, 3.63) is 17.0 Å². The van der Waals surface area contributed by atoms with Gasteiger partial charge in [-0.25, -0.2) is 9.97 Å². The molecule has 1 heterocycles. The molecule has 0 spiro atoms. The summed E-state index contributed by atoms with van der Waals surface area (Å²) in [6, 6.07) is 0. The predicted molar refractivity (Wildman–Crippen MR) is 64.5 cm³/mol. The third-order valence-electron chi connectivity index (χ3n) is 2.83. The molecule has 0 bridgehead atoms. The van der Waals surface area contributed by atoms with Crippen molar-refractivity contribution in [3.63, 3.8) is 0 Å². The average Bonchev–Trinajstić information content (AvgIpc) is 2.72. The molecule has 0 aliphatic heterocycles. The Balaban J connectivity index is 1.94. The molecule has 0 N–H and O–H groups in total. The van der Waals surface area contributed by atoms with E-state index in [1.807, 2.05) is 18.7 Å². The van der Waals surface area contributed by atoms with Gasteiger partial charge in [0.05, 0.1) is 0 Å². The summed E-state index contributed by atoms with van der Waals surface area (Å²) in [6.45, 7) is 2.04. The highest BCUT2D eigenvalue weighted by molar-refractivity contribution is 7.99. The van der Waals surface area contributed by atoms with Crippen molar-refractivity contribution in [1.29, 1.82) is 0 Å². The predicted octanol–water partition coefficient (Wildman–Crippen LogP) is 3.72. The van der Waals surface area contributed by atoms with E-state index in [2.05, 4.69) is 9.97 Å². The molecule has 0 aromatic carbocycles. The number of aryl methyl sites for hydroxylation is 1. The first-order valence-corrected chi connectivity index (χ1v) is 6.74. The summed E-state index contributed by atoms with van der Waals surface area (Å²) in [6.07, 6.45) is 7.35. The minimum atomic E-state index is 0.356. The van der Waals surface area contributed by atoms with Gasteiger partial charge in [-0.2, -0.15) is 0 Å². The van der Waals surface area contributed by atoms with Crippen LogP contribution in [-0.2, 0) is 0 Å². The highest BCUT2D eigenvalue weighted by Gasteiger charge is 2.16. The first kappa shape index (κ1) is 11.2. The van der Waals surface area contributed by atoms with Gasteiger partial charge < -0.3 is 0 Å². The van der Waals surface area contributed by atoms with Crippen LogP contribution in [0.2, 0.25) is 5.28 Å². The Morgan fingerprint density at radius 1 is 1.47 bits per heavy atom. The minimum absolute atomic E-state index is 0.356. The van der Waals surface area contributed by atoms with Crippen LogP contribution in [0.5, 0.6) is 0 Å². The molecule has 4 heteroatoms. The average molecular weight is 243 g/mol. The highest BCUT2D eigenvalue weighted by atomic mass is 35.5. The van der Waals surface area contributed by atoms with Gasteiger partial charge in [-0.05, 0) is 42.8 Å². The van der Waals surface area contributed by atoms with Gasteiger partial charge in [0, 0.05) is 11.9 Å². The molecular formula is C11H15ClN2S. The van der Waals surface area contributed by atoms with Crippen molar-refractivity contribution in [2.45, 2.75) is 37.6 Å². The van der Waals surface area contributed by atoms with Crippen molar-refractivity contribution in [3.8, 4) is 0 Å².